The Labute approximate surface area is 114 Å². The van der Waals surface area contributed by atoms with E-state index in [1.54, 1.807) is 13.0 Å². The Morgan fingerprint density at radius 1 is 1.25 bits per heavy atom. The maximum Gasteiger partial charge on any atom is 0.420 e. The standard InChI is InChI=1S/C14H15F3N2O/c1-9-18-12-7-10(8-19-4-2-3-5-19)6-11(13(12)20-9)14(15,16)17/h6-7H,2-5,8H2,1H3. The van der Waals surface area contributed by atoms with Gasteiger partial charge in [0.2, 0.25) is 0 Å². The number of likely N-dealkylation sites (tertiary alicyclic amines) is 1. The van der Waals surface area contributed by atoms with Gasteiger partial charge in [0.05, 0.1) is 0 Å². The lowest BCUT2D eigenvalue weighted by Gasteiger charge is -2.16. The van der Waals surface area contributed by atoms with E-state index in [1.807, 2.05) is 0 Å². The third-order valence-corrected chi connectivity index (χ3v) is 3.57. The summed E-state index contributed by atoms with van der Waals surface area (Å²) in [6.07, 6.45) is -2.21. The SMILES string of the molecule is Cc1nc2cc(CN3CCCC3)cc(C(F)(F)F)c2o1. The summed E-state index contributed by atoms with van der Waals surface area (Å²) in [6.45, 7) is 3.97. The van der Waals surface area contributed by atoms with Gasteiger partial charge < -0.3 is 4.42 Å². The second kappa shape index (κ2) is 4.77. The number of rotatable bonds is 2. The normalized spacial score (nSPS) is 17.2. The number of alkyl halides is 3. The monoisotopic (exact) mass is 284 g/mol. The molecule has 3 nitrogen and oxygen atoms in total. The fourth-order valence-corrected chi connectivity index (χ4v) is 2.70. The number of hydrogen-bond acceptors (Lipinski definition) is 3. The van der Waals surface area contributed by atoms with Gasteiger partial charge in [-0.1, -0.05) is 0 Å². The third kappa shape index (κ3) is 2.52. The zero-order chi connectivity index (χ0) is 14.3. The number of halogens is 3. The first-order valence-electron chi connectivity index (χ1n) is 6.63. The summed E-state index contributed by atoms with van der Waals surface area (Å²) >= 11 is 0. The van der Waals surface area contributed by atoms with E-state index in [0.717, 1.165) is 25.9 Å². The zero-order valence-corrected chi connectivity index (χ0v) is 11.1. The predicted octanol–water partition coefficient (Wildman–Crippen LogP) is 3.75. The van der Waals surface area contributed by atoms with Crippen LogP contribution in [-0.4, -0.2) is 23.0 Å². The zero-order valence-electron chi connectivity index (χ0n) is 11.1. The Hall–Kier alpha value is -1.56. The lowest BCUT2D eigenvalue weighted by molar-refractivity contribution is -0.136. The molecule has 1 aromatic carbocycles. The van der Waals surface area contributed by atoms with E-state index < -0.39 is 11.7 Å². The smallest absolute Gasteiger partial charge is 0.420 e. The first-order chi connectivity index (χ1) is 9.43. The molecule has 108 valence electrons. The molecule has 0 aliphatic carbocycles. The van der Waals surface area contributed by atoms with Crippen molar-refractivity contribution in [2.75, 3.05) is 13.1 Å². The van der Waals surface area contributed by atoms with Crippen molar-refractivity contribution in [3.05, 3.63) is 29.2 Å². The molecule has 0 bridgehead atoms. The van der Waals surface area contributed by atoms with Crippen LogP contribution >= 0.6 is 0 Å². The number of oxazole rings is 1. The summed E-state index contributed by atoms with van der Waals surface area (Å²) in [7, 11) is 0. The Bertz CT molecular complexity index is 627. The van der Waals surface area contributed by atoms with Crippen LogP contribution in [0.2, 0.25) is 0 Å². The molecule has 0 radical (unpaired) electrons. The summed E-state index contributed by atoms with van der Waals surface area (Å²) in [5, 5.41) is 0. The Morgan fingerprint density at radius 3 is 2.60 bits per heavy atom. The molecule has 1 aromatic heterocycles. The second-order valence-electron chi connectivity index (χ2n) is 5.21. The number of fused-ring (bicyclic) bond motifs is 1. The summed E-state index contributed by atoms with van der Waals surface area (Å²) in [5.41, 5.74) is 0.0246. The van der Waals surface area contributed by atoms with E-state index >= 15 is 0 Å². The van der Waals surface area contributed by atoms with Crippen molar-refractivity contribution in [2.45, 2.75) is 32.5 Å². The second-order valence-corrected chi connectivity index (χ2v) is 5.21. The highest BCUT2D eigenvalue weighted by Gasteiger charge is 2.35. The number of hydrogen-bond donors (Lipinski definition) is 0. The molecular formula is C14H15F3N2O. The first-order valence-corrected chi connectivity index (χ1v) is 6.63. The van der Waals surface area contributed by atoms with E-state index in [-0.39, 0.29) is 17.0 Å². The van der Waals surface area contributed by atoms with E-state index in [0.29, 0.717) is 12.1 Å². The molecule has 3 rings (SSSR count). The molecule has 20 heavy (non-hydrogen) atoms. The van der Waals surface area contributed by atoms with Gasteiger partial charge >= 0.3 is 6.18 Å². The van der Waals surface area contributed by atoms with Crippen LogP contribution in [-0.2, 0) is 12.7 Å². The minimum absolute atomic E-state index is 0.167. The van der Waals surface area contributed by atoms with Gasteiger partial charge in [0.15, 0.2) is 11.5 Å². The van der Waals surface area contributed by atoms with Crippen LogP contribution in [0.4, 0.5) is 13.2 Å². The number of benzene rings is 1. The molecule has 0 amide bonds. The highest BCUT2D eigenvalue weighted by atomic mass is 19.4. The van der Waals surface area contributed by atoms with Crippen molar-refractivity contribution < 1.29 is 17.6 Å². The molecule has 1 fully saturated rings. The van der Waals surface area contributed by atoms with Gasteiger partial charge in [0, 0.05) is 13.5 Å². The van der Waals surface area contributed by atoms with E-state index in [1.165, 1.54) is 6.07 Å². The first kappa shape index (κ1) is 13.4. The van der Waals surface area contributed by atoms with Crippen molar-refractivity contribution in [1.82, 2.24) is 9.88 Å². The number of nitrogens with zero attached hydrogens (tertiary/aromatic N) is 2. The van der Waals surface area contributed by atoms with Gasteiger partial charge in [-0.25, -0.2) is 4.98 Å². The van der Waals surface area contributed by atoms with Crippen molar-refractivity contribution in [1.29, 1.82) is 0 Å². The summed E-state index contributed by atoms with van der Waals surface area (Å²) < 4.78 is 44.5. The van der Waals surface area contributed by atoms with E-state index in [4.69, 9.17) is 4.42 Å². The van der Waals surface area contributed by atoms with Gasteiger partial charge in [0.25, 0.3) is 0 Å². The topological polar surface area (TPSA) is 29.3 Å². The maximum atomic E-state index is 13.1. The molecule has 1 aliphatic heterocycles. The van der Waals surface area contributed by atoms with Crippen molar-refractivity contribution in [2.24, 2.45) is 0 Å². The summed E-state index contributed by atoms with van der Waals surface area (Å²) in [5.74, 6) is 0.254. The summed E-state index contributed by atoms with van der Waals surface area (Å²) in [4.78, 5) is 6.20. The fraction of sp³-hybridized carbons (Fsp3) is 0.500. The molecule has 0 atom stereocenters. The highest BCUT2D eigenvalue weighted by molar-refractivity contribution is 5.78. The van der Waals surface area contributed by atoms with Crippen LogP contribution < -0.4 is 0 Å². The average molecular weight is 284 g/mol. The van der Waals surface area contributed by atoms with Crippen LogP contribution in [0.15, 0.2) is 16.5 Å². The minimum Gasteiger partial charge on any atom is -0.440 e. The molecule has 0 unspecified atom stereocenters. The molecule has 0 N–H and O–H groups in total. The molecule has 1 saturated heterocycles. The highest BCUT2D eigenvalue weighted by Crippen LogP contribution is 2.36. The van der Waals surface area contributed by atoms with Crippen LogP contribution in [0.1, 0.15) is 29.9 Å². The maximum absolute atomic E-state index is 13.1. The Morgan fingerprint density at radius 2 is 1.95 bits per heavy atom. The van der Waals surface area contributed by atoms with Crippen LogP contribution in [0.3, 0.4) is 0 Å². The molecule has 6 heteroatoms. The molecule has 1 aliphatic rings. The van der Waals surface area contributed by atoms with Crippen molar-refractivity contribution >= 4 is 11.1 Å². The van der Waals surface area contributed by atoms with Crippen LogP contribution in [0, 0.1) is 6.92 Å². The van der Waals surface area contributed by atoms with Gasteiger partial charge in [-0.3, -0.25) is 4.90 Å². The Balaban J connectivity index is 2.04. The predicted molar refractivity (Wildman–Crippen MR) is 68.3 cm³/mol. The van der Waals surface area contributed by atoms with Gasteiger partial charge in [-0.2, -0.15) is 13.2 Å². The number of aryl methyl sites for hydroxylation is 1. The molecule has 2 aromatic rings. The molecule has 2 heterocycles. The largest absolute Gasteiger partial charge is 0.440 e. The van der Waals surface area contributed by atoms with Crippen LogP contribution in [0.25, 0.3) is 11.1 Å². The summed E-state index contributed by atoms with van der Waals surface area (Å²) in [6, 6.07) is 2.88. The number of aromatic nitrogens is 1. The van der Waals surface area contributed by atoms with E-state index in [9.17, 15) is 13.2 Å². The van der Waals surface area contributed by atoms with Crippen molar-refractivity contribution in [3.63, 3.8) is 0 Å². The molecule has 0 saturated carbocycles. The lowest BCUT2D eigenvalue weighted by atomic mass is 10.1. The van der Waals surface area contributed by atoms with Crippen molar-refractivity contribution in [3.8, 4) is 0 Å². The van der Waals surface area contributed by atoms with Gasteiger partial charge in [0.1, 0.15) is 11.1 Å². The van der Waals surface area contributed by atoms with Gasteiger partial charge in [-0.15, -0.1) is 0 Å². The lowest BCUT2D eigenvalue weighted by Crippen LogP contribution is -2.19. The Kier molecular flexibility index (Phi) is 3.20. The fourth-order valence-electron chi connectivity index (χ4n) is 2.70. The molecule has 0 spiro atoms. The minimum atomic E-state index is -4.43. The quantitative estimate of drug-likeness (QED) is 0.841. The van der Waals surface area contributed by atoms with E-state index in [2.05, 4.69) is 9.88 Å². The van der Waals surface area contributed by atoms with Crippen LogP contribution in [0.5, 0.6) is 0 Å². The third-order valence-electron chi connectivity index (χ3n) is 3.57. The molecular weight excluding hydrogens is 269 g/mol. The average Bonchev–Trinajstić information content (AvgIpc) is 2.95. The van der Waals surface area contributed by atoms with Gasteiger partial charge in [-0.05, 0) is 43.6 Å².